The number of benzene rings is 1. The zero-order chi connectivity index (χ0) is 20.3. The summed E-state index contributed by atoms with van der Waals surface area (Å²) in [5, 5.41) is 0. The van der Waals surface area contributed by atoms with Crippen LogP contribution >= 0.6 is 0 Å². The van der Waals surface area contributed by atoms with Crippen LogP contribution in [-0.4, -0.2) is 47.6 Å². The summed E-state index contributed by atoms with van der Waals surface area (Å²) >= 11 is 0. The summed E-state index contributed by atoms with van der Waals surface area (Å²) in [7, 11) is -3.61. The number of hydrogen-bond donors (Lipinski definition) is 0. The van der Waals surface area contributed by atoms with Gasteiger partial charge in [-0.05, 0) is 50.1 Å². The molecule has 1 fully saturated rings. The summed E-state index contributed by atoms with van der Waals surface area (Å²) in [4.78, 5) is 19.7. The largest absolute Gasteiger partial charge is 0.327 e. The fraction of sp³-hybridized carbons (Fsp3) is 0.429. The van der Waals surface area contributed by atoms with Gasteiger partial charge in [-0.3, -0.25) is 9.78 Å². The molecule has 7 heteroatoms. The molecular formula is C21H27N3O3S. The summed E-state index contributed by atoms with van der Waals surface area (Å²) < 4.78 is 27.1. The summed E-state index contributed by atoms with van der Waals surface area (Å²) in [6.07, 6.45) is 3.64. The molecular weight excluding hydrogens is 374 g/mol. The minimum atomic E-state index is -3.61. The quantitative estimate of drug-likeness (QED) is 0.679. The lowest BCUT2D eigenvalue weighted by Crippen LogP contribution is -2.36. The Bertz CT molecular complexity index is 923. The van der Waals surface area contributed by atoms with E-state index in [0.29, 0.717) is 18.7 Å². The fourth-order valence-corrected chi connectivity index (χ4v) is 4.93. The molecule has 1 atom stereocenters. The van der Waals surface area contributed by atoms with Crippen molar-refractivity contribution in [3.05, 3.63) is 59.9 Å². The van der Waals surface area contributed by atoms with Crippen LogP contribution < -0.4 is 0 Å². The predicted octanol–water partition coefficient (Wildman–Crippen LogP) is 3.48. The van der Waals surface area contributed by atoms with Crippen molar-refractivity contribution in [1.29, 1.82) is 0 Å². The third-order valence-electron chi connectivity index (χ3n) is 5.13. The first-order chi connectivity index (χ1) is 13.4. The van der Waals surface area contributed by atoms with Gasteiger partial charge in [0.2, 0.25) is 10.0 Å². The number of sulfonamides is 1. The van der Waals surface area contributed by atoms with E-state index < -0.39 is 10.0 Å². The van der Waals surface area contributed by atoms with E-state index in [1.54, 1.807) is 38.2 Å². The lowest BCUT2D eigenvalue weighted by Gasteiger charge is -2.29. The van der Waals surface area contributed by atoms with Gasteiger partial charge in [0.25, 0.3) is 5.91 Å². The van der Waals surface area contributed by atoms with Crippen molar-refractivity contribution in [2.45, 2.75) is 50.6 Å². The van der Waals surface area contributed by atoms with Crippen molar-refractivity contribution < 1.29 is 13.2 Å². The SMILES string of the molecule is CCN(CC)S(=O)(=O)c1cccc(C(=O)N(C2CC2)C(C)c2ccccn2)c1. The maximum atomic E-state index is 13.3. The van der Waals surface area contributed by atoms with E-state index in [0.717, 1.165) is 18.5 Å². The minimum absolute atomic E-state index is 0.155. The Hall–Kier alpha value is -2.25. The molecule has 0 aliphatic heterocycles. The molecule has 1 aliphatic carbocycles. The van der Waals surface area contributed by atoms with E-state index in [2.05, 4.69) is 4.98 Å². The monoisotopic (exact) mass is 401 g/mol. The maximum Gasteiger partial charge on any atom is 0.254 e. The molecule has 6 nitrogen and oxygen atoms in total. The molecule has 1 aliphatic rings. The van der Waals surface area contributed by atoms with Crippen LogP contribution in [0.15, 0.2) is 53.6 Å². The number of amides is 1. The van der Waals surface area contributed by atoms with Crippen molar-refractivity contribution in [2.24, 2.45) is 0 Å². The van der Waals surface area contributed by atoms with Crippen LogP contribution in [0.3, 0.4) is 0 Å². The number of rotatable bonds is 8. The van der Waals surface area contributed by atoms with E-state index in [1.165, 1.54) is 10.4 Å². The molecule has 1 saturated carbocycles. The number of hydrogen-bond acceptors (Lipinski definition) is 4. The first-order valence-electron chi connectivity index (χ1n) is 9.74. The lowest BCUT2D eigenvalue weighted by molar-refractivity contribution is 0.0670. The van der Waals surface area contributed by atoms with Gasteiger partial charge < -0.3 is 4.90 Å². The number of carbonyl (C=O) groups is 1. The molecule has 1 aromatic carbocycles. The van der Waals surface area contributed by atoms with Crippen molar-refractivity contribution in [3.8, 4) is 0 Å². The molecule has 1 unspecified atom stereocenters. The highest BCUT2D eigenvalue weighted by molar-refractivity contribution is 7.89. The zero-order valence-corrected chi connectivity index (χ0v) is 17.4. The molecule has 0 bridgehead atoms. The standard InChI is InChI=1S/C21H27N3O3S/c1-4-23(5-2)28(26,27)19-10-8-9-17(15-19)21(25)24(18-12-13-18)16(3)20-11-6-7-14-22-20/h6-11,14-16,18H,4-5,12-13H2,1-3H3. The van der Waals surface area contributed by atoms with Crippen molar-refractivity contribution in [2.75, 3.05) is 13.1 Å². The van der Waals surface area contributed by atoms with E-state index in [1.807, 2.05) is 30.0 Å². The van der Waals surface area contributed by atoms with Crippen LogP contribution in [0.1, 0.15) is 55.7 Å². The molecule has 0 radical (unpaired) electrons. The number of carbonyl (C=O) groups excluding carboxylic acids is 1. The van der Waals surface area contributed by atoms with Crippen molar-refractivity contribution in [3.63, 3.8) is 0 Å². The van der Waals surface area contributed by atoms with Gasteiger partial charge in [-0.2, -0.15) is 4.31 Å². The Kier molecular flexibility index (Phi) is 6.15. The van der Waals surface area contributed by atoms with E-state index in [9.17, 15) is 13.2 Å². The van der Waals surface area contributed by atoms with Gasteiger partial charge >= 0.3 is 0 Å². The second kappa shape index (κ2) is 8.41. The smallest absolute Gasteiger partial charge is 0.254 e. The van der Waals surface area contributed by atoms with Gasteiger partial charge in [0.15, 0.2) is 0 Å². The number of pyridine rings is 1. The molecule has 3 rings (SSSR count). The van der Waals surface area contributed by atoms with Crippen LogP contribution in [0.25, 0.3) is 0 Å². The first kappa shape index (κ1) is 20.5. The summed E-state index contributed by atoms with van der Waals surface area (Å²) in [5.41, 5.74) is 1.22. The maximum absolute atomic E-state index is 13.3. The van der Waals surface area contributed by atoms with Gasteiger partial charge in [-0.25, -0.2) is 8.42 Å². The van der Waals surface area contributed by atoms with Gasteiger partial charge in [0.05, 0.1) is 16.6 Å². The fourth-order valence-electron chi connectivity index (χ4n) is 3.43. The van der Waals surface area contributed by atoms with Crippen molar-refractivity contribution in [1.82, 2.24) is 14.2 Å². The molecule has 0 spiro atoms. The lowest BCUT2D eigenvalue weighted by atomic mass is 10.1. The van der Waals surface area contributed by atoms with Crippen LogP contribution in [0.2, 0.25) is 0 Å². The Balaban J connectivity index is 1.93. The molecule has 1 amide bonds. The average Bonchev–Trinajstić information content (AvgIpc) is 3.54. The topological polar surface area (TPSA) is 70.6 Å². The molecule has 2 aromatic rings. The third kappa shape index (κ3) is 4.10. The highest BCUT2D eigenvalue weighted by Crippen LogP contribution is 2.35. The third-order valence-corrected chi connectivity index (χ3v) is 7.18. The van der Waals surface area contributed by atoms with Gasteiger partial charge in [0.1, 0.15) is 0 Å². The highest BCUT2D eigenvalue weighted by atomic mass is 32.2. The van der Waals surface area contributed by atoms with E-state index in [-0.39, 0.29) is 22.9 Å². The first-order valence-corrected chi connectivity index (χ1v) is 11.2. The summed E-state index contributed by atoms with van der Waals surface area (Å²) in [6, 6.07) is 12.0. The second-order valence-electron chi connectivity index (χ2n) is 6.99. The van der Waals surface area contributed by atoms with E-state index >= 15 is 0 Å². The normalized spacial score (nSPS) is 15.4. The van der Waals surface area contributed by atoms with Gasteiger partial charge in [-0.15, -0.1) is 0 Å². The average molecular weight is 402 g/mol. The Morgan fingerprint density at radius 1 is 1.14 bits per heavy atom. The summed E-state index contributed by atoms with van der Waals surface area (Å²) in [5.74, 6) is -0.155. The van der Waals surface area contributed by atoms with Crippen molar-refractivity contribution >= 4 is 15.9 Å². The van der Waals surface area contributed by atoms with E-state index in [4.69, 9.17) is 0 Å². The Labute approximate surface area is 167 Å². The van der Waals surface area contributed by atoms with Gasteiger partial charge in [0, 0.05) is 30.9 Å². The Morgan fingerprint density at radius 3 is 2.43 bits per heavy atom. The second-order valence-corrected chi connectivity index (χ2v) is 8.93. The molecule has 0 saturated heterocycles. The van der Waals surface area contributed by atoms with Crippen LogP contribution in [-0.2, 0) is 10.0 Å². The minimum Gasteiger partial charge on any atom is -0.327 e. The molecule has 1 aromatic heterocycles. The van der Waals surface area contributed by atoms with Gasteiger partial charge in [-0.1, -0.05) is 26.0 Å². The van der Waals surface area contributed by atoms with Crippen LogP contribution in [0.4, 0.5) is 0 Å². The molecule has 1 heterocycles. The predicted molar refractivity (Wildman–Crippen MR) is 108 cm³/mol. The Morgan fingerprint density at radius 2 is 1.86 bits per heavy atom. The molecule has 150 valence electrons. The highest BCUT2D eigenvalue weighted by Gasteiger charge is 2.37. The van der Waals surface area contributed by atoms with Crippen LogP contribution in [0, 0.1) is 0 Å². The number of nitrogens with zero attached hydrogens (tertiary/aromatic N) is 3. The number of aromatic nitrogens is 1. The molecule has 28 heavy (non-hydrogen) atoms. The summed E-state index contributed by atoms with van der Waals surface area (Å²) in [6.45, 7) is 6.36. The zero-order valence-electron chi connectivity index (χ0n) is 16.6. The van der Waals surface area contributed by atoms with Crippen LogP contribution in [0.5, 0.6) is 0 Å². The molecule has 0 N–H and O–H groups in total.